The lowest BCUT2D eigenvalue weighted by molar-refractivity contribution is -0.127. The molecule has 1 amide bonds. The van der Waals surface area contributed by atoms with Gasteiger partial charge in [-0.25, -0.2) is 0 Å². The maximum Gasteiger partial charge on any atom is 0.260 e. The number of para-hydroxylation sites is 1. The second-order valence-corrected chi connectivity index (χ2v) is 5.93. The van der Waals surface area contributed by atoms with Gasteiger partial charge in [0.05, 0.1) is 5.02 Å². The summed E-state index contributed by atoms with van der Waals surface area (Å²) in [4.78, 5) is 12.0. The average Bonchev–Trinajstić information content (AvgIpc) is 2.41. The fourth-order valence-electron chi connectivity index (χ4n) is 1.91. The van der Waals surface area contributed by atoms with E-state index in [9.17, 15) is 4.79 Å². The number of rotatable bonds is 7. The van der Waals surface area contributed by atoms with Crippen molar-refractivity contribution in [2.45, 2.75) is 58.7 Å². The SMILES string of the molecule is CCC(N)Cc1cccc(Cl)c1OC(C)C(=O)NC(C)C. The van der Waals surface area contributed by atoms with Crippen LogP contribution in [0.3, 0.4) is 0 Å². The smallest absolute Gasteiger partial charge is 0.260 e. The first-order valence-electron chi connectivity index (χ1n) is 7.35. The van der Waals surface area contributed by atoms with Crippen molar-refractivity contribution in [3.05, 3.63) is 28.8 Å². The molecule has 118 valence electrons. The zero-order valence-corrected chi connectivity index (χ0v) is 13.9. The highest BCUT2D eigenvalue weighted by Gasteiger charge is 2.19. The van der Waals surface area contributed by atoms with Crippen LogP contribution in [0.2, 0.25) is 5.02 Å². The van der Waals surface area contributed by atoms with E-state index in [1.165, 1.54) is 0 Å². The number of ether oxygens (including phenoxy) is 1. The molecule has 4 nitrogen and oxygen atoms in total. The van der Waals surface area contributed by atoms with Gasteiger partial charge in [0.2, 0.25) is 0 Å². The van der Waals surface area contributed by atoms with Crippen LogP contribution in [0.25, 0.3) is 0 Å². The van der Waals surface area contributed by atoms with Crippen molar-refractivity contribution in [3.8, 4) is 5.75 Å². The number of carbonyl (C=O) groups is 1. The monoisotopic (exact) mass is 312 g/mol. The molecular weight excluding hydrogens is 288 g/mol. The van der Waals surface area contributed by atoms with Gasteiger partial charge in [-0.2, -0.15) is 0 Å². The summed E-state index contributed by atoms with van der Waals surface area (Å²) < 4.78 is 5.78. The molecule has 5 heteroatoms. The summed E-state index contributed by atoms with van der Waals surface area (Å²) in [5.41, 5.74) is 6.93. The summed E-state index contributed by atoms with van der Waals surface area (Å²) in [7, 11) is 0. The number of hydrogen-bond donors (Lipinski definition) is 2. The maximum atomic E-state index is 12.0. The van der Waals surface area contributed by atoms with Gasteiger partial charge in [0.1, 0.15) is 5.75 Å². The minimum atomic E-state index is -0.607. The third kappa shape index (κ3) is 5.56. The molecule has 0 aromatic heterocycles. The largest absolute Gasteiger partial charge is 0.479 e. The highest BCUT2D eigenvalue weighted by Crippen LogP contribution is 2.30. The fourth-order valence-corrected chi connectivity index (χ4v) is 2.14. The van der Waals surface area contributed by atoms with Gasteiger partial charge in [-0.3, -0.25) is 4.79 Å². The first-order valence-corrected chi connectivity index (χ1v) is 7.72. The topological polar surface area (TPSA) is 64.3 Å². The molecule has 21 heavy (non-hydrogen) atoms. The number of amides is 1. The third-order valence-corrected chi connectivity index (χ3v) is 3.45. The van der Waals surface area contributed by atoms with E-state index in [4.69, 9.17) is 22.1 Å². The summed E-state index contributed by atoms with van der Waals surface area (Å²) in [6, 6.07) is 5.67. The average molecular weight is 313 g/mol. The second-order valence-electron chi connectivity index (χ2n) is 5.52. The van der Waals surface area contributed by atoms with Crippen LogP contribution < -0.4 is 15.8 Å². The summed E-state index contributed by atoms with van der Waals surface area (Å²) in [5, 5.41) is 3.32. The highest BCUT2D eigenvalue weighted by molar-refractivity contribution is 6.32. The Morgan fingerprint density at radius 3 is 2.62 bits per heavy atom. The number of benzene rings is 1. The summed E-state index contributed by atoms with van der Waals surface area (Å²) >= 11 is 6.21. The lowest BCUT2D eigenvalue weighted by Gasteiger charge is -2.20. The van der Waals surface area contributed by atoms with Crippen LogP contribution in [-0.2, 0) is 11.2 Å². The van der Waals surface area contributed by atoms with E-state index in [1.807, 2.05) is 32.9 Å². The lowest BCUT2D eigenvalue weighted by Crippen LogP contribution is -2.40. The van der Waals surface area contributed by atoms with Crippen molar-refractivity contribution in [2.75, 3.05) is 0 Å². The lowest BCUT2D eigenvalue weighted by atomic mass is 10.0. The zero-order valence-electron chi connectivity index (χ0n) is 13.2. The molecule has 0 spiro atoms. The van der Waals surface area contributed by atoms with Crippen molar-refractivity contribution < 1.29 is 9.53 Å². The Morgan fingerprint density at radius 2 is 2.05 bits per heavy atom. The molecule has 2 unspecified atom stereocenters. The van der Waals surface area contributed by atoms with Gasteiger partial charge >= 0.3 is 0 Å². The van der Waals surface area contributed by atoms with Crippen LogP contribution in [0, 0.1) is 0 Å². The Kier molecular flexibility index (Phi) is 6.99. The van der Waals surface area contributed by atoms with Crippen LogP contribution >= 0.6 is 11.6 Å². The van der Waals surface area contributed by atoms with Crippen molar-refractivity contribution in [1.82, 2.24) is 5.32 Å². The summed E-state index contributed by atoms with van der Waals surface area (Å²) in [6.45, 7) is 7.57. The molecular formula is C16H25ClN2O2. The number of halogens is 1. The summed E-state index contributed by atoms with van der Waals surface area (Å²) in [6.07, 6.45) is 0.934. The van der Waals surface area contributed by atoms with E-state index in [0.29, 0.717) is 17.2 Å². The molecule has 0 aliphatic carbocycles. The van der Waals surface area contributed by atoms with Gasteiger partial charge in [0.25, 0.3) is 5.91 Å². The van der Waals surface area contributed by atoms with Crippen molar-refractivity contribution in [1.29, 1.82) is 0 Å². The second kappa shape index (κ2) is 8.25. The van der Waals surface area contributed by atoms with Crippen LogP contribution in [0.4, 0.5) is 0 Å². The van der Waals surface area contributed by atoms with Crippen molar-refractivity contribution in [2.24, 2.45) is 5.73 Å². The number of hydrogen-bond acceptors (Lipinski definition) is 3. The molecule has 1 rings (SSSR count). The normalized spacial score (nSPS) is 13.9. The van der Waals surface area contributed by atoms with Crippen LogP contribution in [0.15, 0.2) is 18.2 Å². The third-order valence-electron chi connectivity index (χ3n) is 3.15. The van der Waals surface area contributed by atoms with Crippen LogP contribution in [-0.4, -0.2) is 24.1 Å². The van der Waals surface area contributed by atoms with Crippen molar-refractivity contribution in [3.63, 3.8) is 0 Å². The number of nitrogens with two attached hydrogens (primary N) is 1. The van der Waals surface area contributed by atoms with Gasteiger partial charge in [-0.05, 0) is 45.2 Å². The maximum absolute atomic E-state index is 12.0. The predicted molar refractivity (Wildman–Crippen MR) is 86.8 cm³/mol. The molecule has 0 bridgehead atoms. The van der Waals surface area contributed by atoms with Gasteiger partial charge < -0.3 is 15.8 Å². The molecule has 0 saturated carbocycles. The molecule has 0 aliphatic heterocycles. The first-order chi connectivity index (χ1) is 9.85. The molecule has 3 N–H and O–H groups in total. The zero-order chi connectivity index (χ0) is 16.0. The molecule has 0 radical (unpaired) electrons. The Hall–Kier alpha value is -1.26. The molecule has 2 atom stereocenters. The van der Waals surface area contributed by atoms with Gasteiger partial charge in [0, 0.05) is 12.1 Å². The summed E-state index contributed by atoms with van der Waals surface area (Å²) in [5.74, 6) is 0.394. The minimum Gasteiger partial charge on any atom is -0.479 e. The van der Waals surface area contributed by atoms with E-state index in [-0.39, 0.29) is 18.0 Å². The number of nitrogens with one attached hydrogen (secondary N) is 1. The standard InChI is InChI=1S/C16H25ClN2O2/c1-5-13(18)9-12-7-6-8-14(17)15(12)21-11(4)16(20)19-10(2)3/h6-8,10-11,13H,5,9,18H2,1-4H3,(H,19,20). The quantitative estimate of drug-likeness (QED) is 0.813. The Balaban J connectivity index is 2.88. The number of carbonyl (C=O) groups excluding carboxylic acids is 1. The minimum absolute atomic E-state index is 0.0469. The first kappa shape index (κ1) is 17.8. The molecule has 0 heterocycles. The Bertz CT molecular complexity index is 477. The van der Waals surface area contributed by atoms with Gasteiger partial charge in [0.15, 0.2) is 6.10 Å². The molecule has 1 aromatic carbocycles. The highest BCUT2D eigenvalue weighted by atomic mass is 35.5. The van der Waals surface area contributed by atoms with E-state index in [1.54, 1.807) is 13.0 Å². The van der Waals surface area contributed by atoms with Crippen LogP contribution in [0.1, 0.15) is 39.7 Å². The molecule has 1 aromatic rings. The molecule has 0 saturated heterocycles. The molecule has 0 fully saturated rings. The van der Waals surface area contributed by atoms with E-state index in [2.05, 4.69) is 5.32 Å². The van der Waals surface area contributed by atoms with Gasteiger partial charge in [-0.15, -0.1) is 0 Å². The Morgan fingerprint density at radius 1 is 1.38 bits per heavy atom. The van der Waals surface area contributed by atoms with E-state index < -0.39 is 6.10 Å². The van der Waals surface area contributed by atoms with Crippen molar-refractivity contribution >= 4 is 17.5 Å². The van der Waals surface area contributed by atoms with Gasteiger partial charge in [-0.1, -0.05) is 30.7 Å². The predicted octanol–water partition coefficient (Wildman–Crippen LogP) is 2.91. The van der Waals surface area contributed by atoms with Crippen LogP contribution in [0.5, 0.6) is 5.75 Å². The van der Waals surface area contributed by atoms with E-state index >= 15 is 0 Å². The fraction of sp³-hybridized carbons (Fsp3) is 0.562. The molecule has 0 aliphatic rings. The van der Waals surface area contributed by atoms with E-state index in [0.717, 1.165) is 12.0 Å². The Labute approximate surface area is 132 Å².